The molecule has 4 heteroatoms. The van der Waals surface area contributed by atoms with Crippen LogP contribution in [0.4, 0.5) is 0 Å². The lowest BCUT2D eigenvalue weighted by Crippen LogP contribution is -2.36. The van der Waals surface area contributed by atoms with E-state index in [1.54, 1.807) is 0 Å². The van der Waals surface area contributed by atoms with E-state index in [-0.39, 0.29) is 17.5 Å². The van der Waals surface area contributed by atoms with Crippen molar-refractivity contribution in [2.75, 3.05) is 12.4 Å². The highest BCUT2D eigenvalue weighted by molar-refractivity contribution is 8.00. The molecule has 0 radical (unpaired) electrons. The molecule has 0 aromatic heterocycles. The standard InChI is InChI=1S/C26H28O3S/c1-4-10-21(11-5-1)16-27-19-25-26(29-18-23-14-8-3-9-15-23)24(20-30-25)28-17-22-12-6-2-7-13-22/h1-15,24-26H,16-20H2/t24-,25-,26-/m0/s1. The lowest BCUT2D eigenvalue weighted by Gasteiger charge is -2.25. The maximum absolute atomic E-state index is 6.38. The van der Waals surface area contributed by atoms with Gasteiger partial charge in [-0.3, -0.25) is 0 Å². The quantitative estimate of drug-likeness (QED) is 0.433. The van der Waals surface area contributed by atoms with Gasteiger partial charge in [-0.15, -0.1) is 0 Å². The van der Waals surface area contributed by atoms with Crippen molar-refractivity contribution in [1.82, 2.24) is 0 Å². The van der Waals surface area contributed by atoms with Crippen LogP contribution in [0.5, 0.6) is 0 Å². The normalized spacial score (nSPS) is 21.0. The highest BCUT2D eigenvalue weighted by atomic mass is 32.2. The van der Waals surface area contributed by atoms with Gasteiger partial charge in [0.1, 0.15) is 0 Å². The maximum atomic E-state index is 6.38. The Morgan fingerprint density at radius 1 is 0.633 bits per heavy atom. The van der Waals surface area contributed by atoms with Gasteiger partial charge in [0.15, 0.2) is 0 Å². The first-order chi connectivity index (χ1) is 14.9. The molecular weight excluding hydrogens is 392 g/mol. The summed E-state index contributed by atoms with van der Waals surface area (Å²) < 4.78 is 18.7. The number of thioether (sulfide) groups is 1. The van der Waals surface area contributed by atoms with Gasteiger partial charge in [0.25, 0.3) is 0 Å². The first-order valence-electron chi connectivity index (χ1n) is 10.4. The van der Waals surface area contributed by atoms with Crippen LogP contribution in [-0.4, -0.2) is 29.8 Å². The van der Waals surface area contributed by atoms with Crippen molar-refractivity contribution < 1.29 is 14.2 Å². The molecule has 30 heavy (non-hydrogen) atoms. The van der Waals surface area contributed by atoms with E-state index in [0.717, 1.165) is 5.75 Å². The molecule has 3 aromatic carbocycles. The number of ether oxygens (including phenoxy) is 3. The molecule has 156 valence electrons. The molecule has 1 heterocycles. The predicted molar refractivity (Wildman–Crippen MR) is 122 cm³/mol. The van der Waals surface area contributed by atoms with E-state index in [1.807, 2.05) is 66.4 Å². The molecule has 0 spiro atoms. The Kier molecular flexibility index (Phi) is 7.98. The molecule has 0 N–H and O–H groups in total. The van der Waals surface area contributed by atoms with Gasteiger partial charge in [-0.05, 0) is 16.7 Å². The molecule has 1 fully saturated rings. The van der Waals surface area contributed by atoms with Gasteiger partial charge in [-0.25, -0.2) is 0 Å². The van der Waals surface area contributed by atoms with Crippen LogP contribution in [0.15, 0.2) is 91.0 Å². The smallest absolute Gasteiger partial charge is 0.0990 e. The van der Waals surface area contributed by atoms with Crippen LogP contribution in [0.2, 0.25) is 0 Å². The average molecular weight is 421 g/mol. The Bertz CT molecular complexity index is 857. The van der Waals surface area contributed by atoms with Crippen LogP contribution in [0.3, 0.4) is 0 Å². The van der Waals surface area contributed by atoms with Gasteiger partial charge >= 0.3 is 0 Å². The molecule has 0 saturated carbocycles. The van der Waals surface area contributed by atoms with Crippen molar-refractivity contribution in [3.05, 3.63) is 108 Å². The molecule has 0 amide bonds. The molecule has 4 rings (SSSR count). The average Bonchev–Trinajstić information content (AvgIpc) is 3.20. The highest BCUT2D eigenvalue weighted by Crippen LogP contribution is 2.33. The predicted octanol–water partition coefficient (Wildman–Crippen LogP) is 5.49. The van der Waals surface area contributed by atoms with Gasteiger partial charge < -0.3 is 14.2 Å². The van der Waals surface area contributed by atoms with Crippen LogP contribution >= 0.6 is 11.8 Å². The summed E-state index contributed by atoms with van der Waals surface area (Å²) in [6, 6.07) is 30.9. The zero-order valence-electron chi connectivity index (χ0n) is 17.1. The third-order valence-corrected chi connectivity index (χ3v) is 6.55. The van der Waals surface area contributed by atoms with Crippen molar-refractivity contribution in [2.45, 2.75) is 37.3 Å². The minimum atomic E-state index is 0.00897. The largest absolute Gasteiger partial charge is 0.376 e. The van der Waals surface area contributed by atoms with E-state index >= 15 is 0 Å². The second-order valence-electron chi connectivity index (χ2n) is 7.47. The third-order valence-electron chi connectivity index (χ3n) is 5.19. The Morgan fingerprint density at radius 3 is 1.70 bits per heavy atom. The molecule has 0 aliphatic carbocycles. The van der Waals surface area contributed by atoms with Gasteiger partial charge in [0.05, 0.1) is 43.9 Å². The molecule has 3 atom stereocenters. The van der Waals surface area contributed by atoms with Gasteiger partial charge in [-0.1, -0.05) is 91.0 Å². The fourth-order valence-electron chi connectivity index (χ4n) is 3.56. The Morgan fingerprint density at radius 2 is 1.13 bits per heavy atom. The van der Waals surface area contributed by atoms with E-state index in [9.17, 15) is 0 Å². The Labute approximate surface area is 183 Å². The number of hydrogen-bond acceptors (Lipinski definition) is 4. The van der Waals surface area contributed by atoms with Crippen LogP contribution in [-0.2, 0) is 34.0 Å². The third kappa shape index (κ3) is 6.19. The summed E-state index contributed by atoms with van der Waals surface area (Å²) in [6.45, 7) is 2.48. The zero-order valence-corrected chi connectivity index (χ0v) is 17.9. The lowest BCUT2D eigenvalue weighted by molar-refractivity contribution is -0.0768. The van der Waals surface area contributed by atoms with Crippen molar-refractivity contribution in [3.63, 3.8) is 0 Å². The summed E-state index contributed by atoms with van der Waals surface area (Å²) >= 11 is 1.89. The fourth-order valence-corrected chi connectivity index (χ4v) is 4.92. The van der Waals surface area contributed by atoms with Crippen LogP contribution in [0, 0.1) is 0 Å². The summed E-state index contributed by atoms with van der Waals surface area (Å²) in [4.78, 5) is 0. The molecule has 1 aliphatic rings. The number of benzene rings is 3. The first kappa shape index (κ1) is 21.1. The molecular formula is C26H28O3S. The highest BCUT2D eigenvalue weighted by Gasteiger charge is 2.38. The molecule has 0 unspecified atom stereocenters. The van der Waals surface area contributed by atoms with E-state index in [4.69, 9.17) is 14.2 Å². The summed E-state index contributed by atoms with van der Waals surface area (Å²) in [7, 11) is 0. The maximum Gasteiger partial charge on any atom is 0.0990 e. The van der Waals surface area contributed by atoms with E-state index < -0.39 is 0 Å². The van der Waals surface area contributed by atoms with Crippen molar-refractivity contribution in [1.29, 1.82) is 0 Å². The monoisotopic (exact) mass is 420 g/mol. The SMILES string of the molecule is c1ccc(COC[C@@H]2SC[C@H](OCc3ccccc3)[C@@H]2OCc2ccccc2)cc1. The summed E-state index contributed by atoms with van der Waals surface area (Å²) in [5.74, 6) is 0.922. The molecule has 1 aliphatic heterocycles. The van der Waals surface area contributed by atoms with Crippen LogP contribution in [0.1, 0.15) is 16.7 Å². The molecule has 3 nitrogen and oxygen atoms in total. The lowest BCUT2D eigenvalue weighted by atomic mass is 10.1. The molecule has 3 aromatic rings. The summed E-state index contributed by atoms with van der Waals surface area (Å²) in [5, 5.41) is 0.262. The van der Waals surface area contributed by atoms with E-state index in [2.05, 4.69) is 36.4 Å². The van der Waals surface area contributed by atoms with E-state index in [0.29, 0.717) is 26.4 Å². The Hall–Kier alpha value is -2.11. The van der Waals surface area contributed by atoms with Crippen molar-refractivity contribution in [3.8, 4) is 0 Å². The number of hydrogen-bond donors (Lipinski definition) is 0. The molecule has 0 bridgehead atoms. The van der Waals surface area contributed by atoms with Crippen LogP contribution in [0.25, 0.3) is 0 Å². The van der Waals surface area contributed by atoms with Gasteiger partial charge in [-0.2, -0.15) is 11.8 Å². The number of rotatable bonds is 10. The molecule has 1 saturated heterocycles. The van der Waals surface area contributed by atoms with Crippen molar-refractivity contribution >= 4 is 11.8 Å². The van der Waals surface area contributed by atoms with E-state index in [1.165, 1.54) is 16.7 Å². The second kappa shape index (κ2) is 11.3. The Balaban J connectivity index is 1.35. The van der Waals surface area contributed by atoms with Gasteiger partial charge in [0, 0.05) is 5.75 Å². The van der Waals surface area contributed by atoms with Crippen LogP contribution < -0.4 is 0 Å². The first-order valence-corrected chi connectivity index (χ1v) is 11.5. The van der Waals surface area contributed by atoms with Crippen molar-refractivity contribution in [2.24, 2.45) is 0 Å². The summed E-state index contributed by atoms with van der Waals surface area (Å²) in [6.07, 6.45) is 0.0685. The minimum absolute atomic E-state index is 0.00897. The minimum Gasteiger partial charge on any atom is -0.376 e. The summed E-state index contributed by atoms with van der Waals surface area (Å²) in [5.41, 5.74) is 3.56. The second-order valence-corrected chi connectivity index (χ2v) is 8.74. The topological polar surface area (TPSA) is 27.7 Å². The zero-order chi connectivity index (χ0) is 20.4. The fraction of sp³-hybridized carbons (Fsp3) is 0.308. The van der Waals surface area contributed by atoms with Gasteiger partial charge in [0.2, 0.25) is 0 Å².